The van der Waals surface area contributed by atoms with Gasteiger partial charge in [0.15, 0.2) is 5.58 Å². The molecule has 0 amide bonds. The minimum atomic E-state index is -4.32. The third-order valence-electron chi connectivity index (χ3n) is 5.37. The quantitative estimate of drug-likeness (QED) is 0.256. The Morgan fingerprint density at radius 2 is 1.94 bits per heavy atom. The van der Waals surface area contributed by atoms with E-state index in [1.807, 2.05) is 13.0 Å². The van der Waals surface area contributed by atoms with Crippen LogP contribution in [0.2, 0.25) is 0 Å². The minimum absolute atomic E-state index is 0.0250. The van der Waals surface area contributed by atoms with Crippen LogP contribution in [0.5, 0.6) is 0 Å². The molecule has 2 heterocycles. The molecule has 0 aliphatic rings. The molecule has 0 saturated heterocycles. The number of aryl methyl sites for hydroxylation is 1. The largest absolute Gasteiger partial charge is 0.436 e. The van der Waals surface area contributed by atoms with Crippen molar-refractivity contribution >= 4 is 28.6 Å². The van der Waals surface area contributed by atoms with Crippen molar-refractivity contribution in [3.8, 4) is 11.5 Å². The van der Waals surface area contributed by atoms with Crippen LogP contribution in [-0.4, -0.2) is 57.8 Å². The van der Waals surface area contributed by atoms with Crippen LogP contribution in [-0.2, 0) is 0 Å². The average molecular weight is 483 g/mol. The summed E-state index contributed by atoms with van der Waals surface area (Å²) in [5.74, 6) is 0.194. The standard InChI is InChI=1S/C22H29F3N6O3/c1-4-13(11-32)9-17(33)30-19-18(12(2)28-21(31-19)27-8-7-22(23,24)25)20-29-15-10-14(26-3)5-6-16(15)34-20/h5-6,10,13,17,26,32-33H,4,7-9,11H2,1-3H3,(H2,27,28,30,31). The summed E-state index contributed by atoms with van der Waals surface area (Å²) in [4.78, 5) is 13.1. The Labute approximate surface area is 194 Å². The molecule has 5 N–H and O–H groups in total. The number of anilines is 3. The van der Waals surface area contributed by atoms with Gasteiger partial charge < -0.3 is 30.6 Å². The maximum Gasteiger partial charge on any atom is 0.390 e. The van der Waals surface area contributed by atoms with Gasteiger partial charge in [-0.15, -0.1) is 0 Å². The van der Waals surface area contributed by atoms with Gasteiger partial charge in [0.2, 0.25) is 11.8 Å². The zero-order valence-corrected chi connectivity index (χ0v) is 19.2. The van der Waals surface area contributed by atoms with Crippen molar-refractivity contribution in [2.45, 2.75) is 45.5 Å². The Kier molecular flexibility index (Phi) is 8.15. The molecule has 1 aromatic carbocycles. The summed E-state index contributed by atoms with van der Waals surface area (Å²) in [7, 11) is 1.78. The molecular weight excluding hydrogens is 453 g/mol. The molecule has 12 heteroatoms. The number of oxazole rings is 1. The van der Waals surface area contributed by atoms with Crippen LogP contribution in [0.25, 0.3) is 22.6 Å². The van der Waals surface area contributed by atoms with Crippen molar-refractivity contribution < 1.29 is 27.8 Å². The molecule has 0 aliphatic carbocycles. The van der Waals surface area contributed by atoms with Crippen LogP contribution in [0.3, 0.4) is 0 Å². The molecule has 9 nitrogen and oxygen atoms in total. The van der Waals surface area contributed by atoms with Crippen molar-refractivity contribution in [3.05, 3.63) is 23.9 Å². The van der Waals surface area contributed by atoms with Crippen molar-refractivity contribution in [1.82, 2.24) is 15.0 Å². The van der Waals surface area contributed by atoms with Gasteiger partial charge >= 0.3 is 6.18 Å². The zero-order chi connectivity index (χ0) is 24.9. The van der Waals surface area contributed by atoms with Gasteiger partial charge in [-0.1, -0.05) is 13.3 Å². The van der Waals surface area contributed by atoms with Gasteiger partial charge in [-0.05, 0) is 37.5 Å². The number of hydrogen-bond acceptors (Lipinski definition) is 9. The third-order valence-corrected chi connectivity index (χ3v) is 5.37. The molecule has 186 valence electrons. The zero-order valence-electron chi connectivity index (χ0n) is 19.2. The van der Waals surface area contributed by atoms with Gasteiger partial charge in [0.1, 0.15) is 23.1 Å². The van der Waals surface area contributed by atoms with E-state index in [-0.39, 0.29) is 36.6 Å². The Morgan fingerprint density at radius 3 is 2.59 bits per heavy atom. The number of aromatic nitrogens is 3. The van der Waals surface area contributed by atoms with Crippen LogP contribution >= 0.6 is 0 Å². The minimum Gasteiger partial charge on any atom is -0.436 e. The number of aliphatic hydroxyl groups is 2. The normalized spacial score (nSPS) is 13.6. The number of nitrogens with one attached hydrogen (secondary N) is 3. The van der Waals surface area contributed by atoms with Gasteiger partial charge in [0.25, 0.3) is 0 Å². The predicted molar refractivity (Wildman–Crippen MR) is 124 cm³/mol. The first kappa shape index (κ1) is 25.5. The lowest BCUT2D eigenvalue weighted by molar-refractivity contribution is -0.131. The van der Waals surface area contributed by atoms with Crippen LogP contribution < -0.4 is 16.0 Å². The first-order chi connectivity index (χ1) is 16.1. The van der Waals surface area contributed by atoms with Crippen molar-refractivity contribution in [2.24, 2.45) is 5.92 Å². The number of fused-ring (bicyclic) bond motifs is 1. The van der Waals surface area contributed by atoms with E-state index < -0.39 is 25.4 Å². The molecule has 3 aromatic rings. The summed E-state index contributed by atoms with van der Waals surface area (Å²) in [6.45, 7) is 3.06. The Balaban J connectivity index is 1.97. The second kappa shape index (κ2) is 10.9. The lowest BCUT2D eigenvalue weighted by atomic mass is 10.0. The maximum atomic E-state index is 12.5. The van der Waals surface area contributed by atoms with E-state index in [0.717, 1.165) is 5.69 Å². The number of hydrogen-bond donors (Lipinski definition) is 5. The molecule has 0 fully saturated rings. The van der Waals surface area contributed by atoms with E-state index in [0.29, 0.717) is 28.8 Å². The summed E-state index contributed by atoms with van der Waals surface area (Å²) >= 11 is 0. The van der Waals surface area contributed by atoms with Crippen molar-refractivity contribution in [2.75, 3.05) is 36.1 Å². The number of halogens is 3. The topological polar surface area (TPSA) is 128 Å². The van der Waals surface area contributed by atoms with Crippen molar-refractivity contribution in [3.63, 3.8) is 0 Å². The monoisotopic (exact) mass is 482 g/mol. The number of nitrogens with zero attached hydrogens (tertiary/aromatic N) is 3. The summed E-state index contributed by atoms with van der Waals surface area (Å²) in [6.07, 6.45) is -5.54. The second-order valence-electron chi connectivity index (χ2n) is 7.95. The molecule has 2 atom stereocenters. The van der Waals surface area contributed by atoms with Crippen LogP contribution in [0.1, 0.15) is 31.9 Å². The molecule has 3 rings (SSSR count). The number of rotatable bonds is 11. The first-order valence-electron chi connectivity index (χ1n) is 11.0. The maximum absolute atomic E-state index is 12.5. The molecular formula is C22H29F3N6O3. The SMILES string of the molecule is CCC(CO)CC(O)Nc1nc(NCCC(F)(F)F)nc(C)c1-c1nc2cc(NC)ccc2o1. The van der Waals surface area contributed by atoms with Crippen LogP contribution in [0.4, 0.5) is 30.6 Å². The average Bonchev–Trinajstić information content (AvgIpc) is 3.18. The summed E-state index contributed by atoms with van der Waals surface area (Å²) in [6, 6.07) is 5.40. The highest BCUT2D eigenvalue weighted by atomic mass is 19.4. The highest BCUT2D eigenvalue weighted by Crippen LogP contribution is 2.33. The van der Waals surface area contributed by atoms with E-state index in [1.165, 1.54) is 0 Å². The van der Waals surface area contributed by atoms with E-state index >= 15 is 0 Å². The van der Waals surface area contributed by atoms with Gasteiger partial charge in [0.05, 0.1) is 12.1 Å². The summed E-state index contributed by atoms with van der Waals surface area (Å²) in [5, 5.41) is 28.5. The van der Waals surface area contributed by atoms with Gasteiger partial charge in [-0.3, -0.25) is 0 Å². The molecule has 0 aliphatic heterocycles. The lowest BCUT2D eigenvalue weighted by Gasteiger charge is -2.20. The third kappa shape index (κ3) is 6.48. The molecule has 0 saturated carbocycles. The Morgan fingerprint density at radius 1 is 1.18 bits per heavy atom. The molecule has 0 spiro atoms. The fourth-order valence-electron chi connectivity index (χ4n) is 3.42. The van der Waals surface area contributed by atoms with E-state index in [9.17, 15) is 23.4 Å². The molecule has 0 bridgehead atoms. The van der Waals surface area contributed by atoms with E-state index in [4.69, 9.17) is 4.42 Å². The van der Waals surface area contributed by atoms with Crippen molar-refractivity contribution in [1.29, 1.82) is 0 Å². The highest BCUT2D eigenvalue weighted by molar-refractivity contribution is 5.82. The fraction of sp³-hybridized carbons (Fsp3) is 0.500. The summed E-state index contributed by atoms with van der Waals surface area (Å²) < 4.78 is 43.5. The van der Waals surface area contributed by atoms with Crippen LogP contribution in [0, 0.1) is 12.8 Å². The van der Waals surface area contributed by atoms with Gasteiger partial charge in [-0.2, -0.15) is 18.2 Å². The van der Waals surface area contributed by atoms with Crippen LogP contribution in [0.15, 0.2) is 22.6 Å². The van der Waals surface area contributed by atoms with E-state index in [2.05, 4.69) is 30.9 Å². The number of benzene rings is 1. The van der Waals surface area contributed by atoms with Gasteiger partial charge in [0, 0.05) is 25.9 Å². The number of alkyl halides is 3. The molecule has 34 heavy (non-hydrogen) atoms. The molecule has 0 radical (unpaired) electrons. The number of aliphatic hydroxyl groups excluding tert-OH is 2. The molecule has 2 aromatic heterocycles. The highest BCUT2D eigenvalue weighted by Gasteiger charge is 2.27. The predicted octanol–water partition coefficient (Wildman–Crippen LogP) is 4.14. The second-order valence-corrected chi connectivity index (χ2v) is 7.95. The summed E-state index contributed by atoms with van der Waals surface area (Å²) in [5.41, 5.74) is 2.73. The molecule has 2 unspecified atom stereocenters. The smallest absolute Gasteiger partial charge is 0.390 e. The first-order valence-corrected chi connectivity index (χ1v) is 11.0. The van der Waals surface area contributed by atoms with E-state index in [1.54, 1.807) is 26.1 Å². The van der Waals surface area contributed by atoms with Gasteiger partial charge in [-0.25, -0.2) is 9.97 Å². The fourth-order valence-corrected chi connectivity index (χ4v) is 3.42. The Hall–Kier alpha value is -3.12. The Bertz CT molecular complexity index is 1100. The lowest BCUT2D eigenvalue weighted by Crippen LogP contribution is -2.25.